The highest BCUT2D eigenvalue weighted by atomic mass is 16.1. The molecular formula is C23H24N6O. The molecule has 0 bridgehead atoms. The summed E-state index contributed by atoms with van der Waals surface area (Å²) < 4.78 is 4.07. The topological polar surface area (TPSA) is 77.6 Å². The molecule has 2 aromatic heterocycles. The van der Waals surface area contributed by atoms with Crippen LogP contribution in [0.5, 0.6) is 0 Å². The van der Waals surface area contributed by atoms with Gasteiger partial charge in [-0.1, -0.05) is 48.0 Å². The Balaban J connectivity index is 1.33. The zero-order valence-corrected chi connectivity index (χ0v) is 17.0. The molecule has 4 aromatic rings. The molecule has 0 fully saturated rings. The lowest BCUT2D eigenvalue weighted by Gasteiger charge is -2.05. The second-order valence-corrected chi connectivity index (χ2v) is 7.80. The van der Waals surface area contributed by atoms with E-state index in [0.717, 1.165) is 47.5 Å². The van der Waals surface area contributed by atoms with Crippen molar-refractivity contribution in [3.8, 4) is 0 Å². The van der Waals surface area contributed by atoms with Crippen molar-refractivity contribution in [1.29, 1.82) is 0 Å². The molecule has 30 heavy (non-hydrogen) atoms. The third-order valence-corrected chi connectivity index (χ3v) is 5.65. The maximum absolute atomic E-state index is 12.9. The molecule has 7 nitrogen and oxygen atoms in total. The lowest BCUT2D eigenvalue weighted by atomic mass is 10.1. The fourth-order valence-corrected chi connectivity index (χ4v) is 4.05. The van der Waals surface area contributed by atoms with Gasteiger partial charge in [-0.25, -0.2) is 0 Å². The molecule has 1 aliphatic rings. The summed E-state index contributed by atoms with van der Waals surface area (Å²) in [5.74, 6) is 1.84. The van der Waals surface area contributed by atoms with Crippen LogP contribution in [0.25, 0.3) is 10.9 Å². The van der Waals surface area contributed by atoms with E-state index in [9.17, 15) is 4.79 Å². The number of rotatable bonds is 6. The summed E-state index contributed by atoms with van der Waals surface area (Å²) in [5.41, 5.74) is 3.80. The van der Waals surface area contributed by atoms with Crippen LogP contribution in [-0.2, 0) is 25.9 Å². The molecule has 3 heterocycles. The van der Waals surface area contributed by atoms with E-state index in [1.54, 1.807) is 0 Å². The van der Waals surface area contributed by atoms with E-state index in [2.05, 4.69) is 56.4 Å². The SMILES string of the molecule is Cc1ccc(Cn2nc(C(=O)NCCc3nnc4n3CCC4)c3ccccc32)cc1. The number of aryl methyl sites for hydroxylation is 2. The van der Waals surface area contributed by atoms with Crippen LogP contribution in [-0.4, -0.2) is 37.0 Å². The molecule has 0 spiro atoms. The Morgan fingerprint density at radius 3 is 2.80 bits per heavy atom. The Morgan fingerprint density at radius 2 is 1.93 bits per heavy atom. The Kier molecular flexibility index (Phi) is 4.78. The minimum Gasteiger partial charge on any atom is -0.350 e. The molecular weight excluding hydrogens is 376 g/mol. The van der Waals surface area contributed by atoms with Gasteiger partial charge in [-0.15, -0.1) is 10.2 Å². The molecule has 0 unspecified atom stereocenters. The summed E-state index contributed by atoms with van der Waals surface area (Å²) in [6.07, 6.45) is 2.78. The first kappa shape index (κ1) is 18.5. The van der Waals surface area contributed by atoms with Crippen molar-refractivity contribution >= 4 is 16.8 Å². The highest BCUT2D eigenvalue weighted by Crippen LogP contribution is 2.20. The summed E-state index contributed by atoms with van der Waals surface area (Å²) in [6.45, 7) is 4.18. The van der Waals surface area contributed by atoms with Gasteiger partial charge in [0, 0.05) is 31.3 Å². The third kappa shape index (κ3) is 3.47. The first-order valence-electron chi connectivity index (χ1n) is 10.4. The first-order valence-corrected chi connectivity index (χ1v) is 10.4. The van der Waals surface area contributed by atoms with Crippen LogP contribution >= 0.6 is 0 Å². The quantitative estimate of drug-likeness (QED) is 0.540. The lowest BCUT2D eigenvalue weighted by Crippen LogP contribution is -2.27. The molecule has 1 aliphatic heterocycles. The smallest absolute Gasteiger partial charge is 0.272 e. The lowest BCUT2D eigenvalue weighted by molar-refractivity contribution is 0.0949. The number of benzene rings is 2. The number of hydrogen-bond donors (Lipinski definition) is 1. The van der Waals surface area contributed by atoms with Gasteiger partial charge >= 0.3 is 0 Å². The van der Waals surface area contributed by atoms with Crippen molar-refractivity contribution in [2.45, 2.75) is 39.3 Å². The average Bonchev–Trinajstić information content (AvgIpc) is 3.46. The van der Waals surface area contributed by atoms with Crippen molar-refractivity contribution in [3.05, 3.63) is 77.0 Å². The molecule has 0 aliphatic carbocycles. The fraction of sp³-hybridized carbons (Fsp3) is 0.304. The number of carbonyl (C=O) groups is 1. The Hall–Kier alpha value is -3.48. The first-order chi connectivity index (χ1) is 14.7. The Bertz CT molecular complexity index is 1200. The van der Waals surface area contributed by atoms with E-state index in [4.69, 9.17) is 0 Å². The van der Waals surface area contributed by atoms with Crippen molar-refractivity contribution < 1.29 is 4.79 Å². The standard InChI is InChI=1S/C23H24N6O/c1-16-8-10-17(11-9-16)15-29-19-6-3-2-5-18(19)22(27-29)23(30)24-13-12-21-26-25-20-7-4-14-28(20)21/h2-3,5-6,8-11H,4,7,12-15H2,1H3,(H,24,30). The number of fused-ring (bicyclic) bond motifs is 2. The van der Waals surface area contributed by atoms with E-state index >= 15 is 0 Å². The predicted octanol–water partition coefficient (Wildman–Crippen LogP) is 2.90. The fourth-order valence-electron chi connectivity index (χ4n) is 4.05. The van der Waals surface area contributed by atoms with E-state index < -0.39 is 0 Å². The van der Waals surface area contributed by atoms with E-state index in [0.29, 0.717) is 25.2 Å². The number of nitrogens with one attached hydrogen (secondary N) is 1. The molecule has 0 radical (unpaired) electrons. The van der Waals surface area contributed by atoms with Gasteiger partial charge in [0.1, 0.15) is 11.6 Å². The van der Waals surface area contributed by atoms with Gasteiger partial charge < -0.3 is 9.88 Å². The Morgan fingerprint density at radius 1 is 1.10 bits per heavy atom. The van der Waals surface area contributed by atoms with Crippen LogP contribution in [0, 0.1) is 6.92 Å². The molecule has 7 heteroatoms. The van der Waals surface area contributed by atoms with E-state index in [-0.39, 0.29) is 5.91 Å². The minimum absolute atomic E-state index is 0.157. The maximum atomic E-state index is 12.9. The van der Waals surface area contributed by atoms with Crippen LogP contribution in [0.1, 0.15) is 39.7 Å². The number of hydrogen-bond acceptors (Lipinski definition) is 4. The molecule has 152 valence electrons. The summed E-state index contributed by atoms with van der Waals surface area (Å²) in [7, 11) is 0. The normalized spacial score (nSPS) is 13.0. The molecule has 2 aromatic carbocycles. The van der Waals surface area contributed by atoms with Gasteiger partial charge in [-0.2, -0.15) is 5.10 Å². The number of amides is 1. The van der Waals surface area contributed by atoms with Crippen LogP contribution in [0.2, 0.25) is 0 Å². The third-order valence-electron chi connectivity index (χ3n) is 5.65. The summed E-state index contributed by atoms with van der Waals surface area (Å²) >= 11 is 0. The zero-order valence-electron chi connectivity index (χ0n) is 17.0. The monoisotopic (exact) mass is 400 g/mol. The second kappa shape index (κ2) is 7.74. The number of aromatic nitrogens is 5. The number of para-hydroxylation sites is 1. The molecule has 1 N–H and O–H groups in total. The van der Waals surface area contributed by atoms with Gasteiger partial charge in [0.15, 0.2) is 5.69 Å². The summed E-state index contributed by atoms with van der Waals surface area (Å²) in [6, 6.07) is 16.3. The minimum atomic E-state index is -0.157. The van der Waals surface area contributed by atoms with Gasteiger partial charge in [0.25, 0.3) is 5.91 Å². The largest absolute Gasteiger partial charge is 0.350 e. The molecule has 0 saturated carbocycles. The van der Waals surface area contributed by atoms with Crippen molar-refractivity contribution in [3.63, 3.8) is 0 Å². The van der Waals surface area contributed by atoms with Gasteiger partial charge in [-0.05, 0) is 25.0 Å². The maximum Gasteiger partial charge on any atom is 0.272 e. The van der Waals surface area contributed by atoms with Gasteiger partial charge in [0.2, 0.25) is 0 Å². The summed E-state index contributed by atoms with van der Waals surface area (Å²) in [4.78, 5) is 12.9. The number of nitrogens with zero attached hydrogens (tertiary/aromatic N) is 5. The van der Waals surface area contributed by atoms with Gasteiger partial charge in [0.05, 0.1) is 12.1 Å². The van der Waals surface area contributed by atoms with Crippen LogP contribution in [0.15, 0.2) is 48.5 Å². The highest BCUT2D eigenvalue weighted by Gasteiger charge is 2.19. The molecule has 0 atom stereocenters. The van der Waals surface area contributed by atoms with Gasteiger partial charge in [-0.3, -0.25) is 9.48 Å². The average molecular weight is 400 g/mol. The van der Waals surface area contributed by atoms with Crippen LogP contribution in [0.4, 0.5) is 0 Å². The van der Waals surface area contributed by atoms with Crippen molar-refractivity contribution in [2.24, 2.45) is 0 Å². The van der Waals surface area contributed by atoms with Crippen molar-refractivity contribution in [1.82, 2.24) is 29.9 Å². The predicted molar refractivity (Wildman–Crippen MR) is 114 cm³/mol. The summed E-state index contributed by atoms with van der Waals surface area (Å²) in [5, 5.41) is 17.0. The molecule has 1 amide bonds. The van der Waals surface area contributed by atoms with Crippen molar-refractivity contribution in [2.75, 3.05) is 6.54 Å². The molecule has 5 rings (SSSR count). The zero-order chi connectivity index (χ0) is 20.5. The highest BCUT2D eigenvalue weighted by molar-refractivity contribution is 6.04. The van der Waals surface area contributed by atoms with Crippen LogP contribution in [0.3, 0.4) is 0 Å². The molecule has 0 saturated heterocycles. The van der Waals surface area contributed by atoms with Crippen LogP contribution < -0.4 is 5.32 Å². The van der Waals surface area contributed by atoms with E-state index in [1.807, 2.05) is 28.9 Å². The second-order valence-electron chi connectivity index (χ2n) is 7.80. The Labute approximate surface area is 174 Å². The van der Waals surface area contributed by atoms with E-state index in [1.165, 1.54) is 5.56 Å². The number of carbonyl (C=O) groups excluding carboxylic acids is 1.